The summed E-state index contributed by atoms with van der Waals surface area (Å²) in [6, 6.07) is 10.6. The fourth-order valence-corrected chi connectivity index (χ4v) is 2.29. The normalized spacial score (nSPS) is 13.1. The van der Waals surface area contributed by atoms with Crippen LogP contribution in [0.3, 0.4) is 0 Å². The van der Waals surface area contributed by atoms with Gasteiger partial charge in [0.15, 0.2) is 6.61 Å². The van der Waals surface area contributed by atoms with Crippen LogP contribution in [0.25, 0.3) is 0 Å². The number of aromatic hydroxyl groups is 1. The maximum atomic E-state index is 11.3. The first-order valence-electron chi connectivity index (χ1n) is 6.40. The first kappa shape index (κ1) is 13.6. The molecule has 2 aromatic carbocycles. The van der Waals surface area contributed by atoms with Crippen LogP contribution in [-0.4, -0.2) is 17.6 Å². The van der Waals surface area contributed by atoms with E-state index in [1.165, 1.54) is 0 Å². The first-order valence-corrected chi connectivity index (χ1v) is 6.78. The maximum absolute atomic E-state index is 11.3. The van der Waals surface area contributed by atoms with Crippen LogP contribution in [0.5, 0.6) is 11.5 Å². The van der Waals surface area contributed by atoms with Gasteiger partial charge in [0.25, 0.3) is 5.91 Å². The van der Waals surface area contributed by atoms with E-state index < -0.39 is 0 Å². The van der Waals surface area contributed by atoms with Crippen molar-refractivity contribution in [1.82, 2.24) is 0 Å². The van der Waals surface area contributed by atoms with Crippen molar-refractivity contribution >= 4 is 28.9 Å². The van der Waals surface area contributed by atoms with Gasteiger partial charge in [0, 0.05) is 17.8 Å². The summed E-state index contributed by atoms with van der Waals surface area (Å²) in [5.74, 6) is 0.541. The number of hydrogen-bond donors (Lipinski definition) is 3. The van der Waals surface area contributed by atoms with Crippen molar-refractivity contribution in [3.63, 3.8) is 0 Å². The Bertz CT molecular complexity index is 703. The Balaban J connectivity index is 1.75. The summed E-state index contributed by atoms with van der Waals surface area (Å²) < 4.78 is 5.29. The maximum Gasteiger partial charge on any atom is 0.262 e. The van der Waals surface area contributed by atoms with Gasteiger partial charge < -0.3 is 20.5 Å². The second-order valence-electron chi connectivity index (χ2n) is 4.65. The molecule has 5 nitrogen and oxygen atoms in total. The van der Waals surface area contributed by atoms with E-state index >= 15 is 0 Å². The van der Waals surface area contributed by atoms with Gasteiger partial charge in [0.05, 0.1) is 10.7 Å². The lowest BCUT2D eigenvalue weighted by Gasteiger charge is -2.19. The molecule has 2 aromatic rings. The van der Waals surface area contributed by atoms with Crippen LogP contribution in [0.15, 0.2) is 36.4 Å². The number of phenolic OH excluding ortho intramolecular Hbond substituents is 1. The Kier molecular flexibility index (Phi) is 3.58. The molecular weight excluding hydrogens is 292 g/mol. The average molecular weight is 305 g/mol. The summed E-state index contributed by atoms with van der Waals surface area (Å²) in [6.45, 7) is 0.455. The molecule has 1 aliphatic rings. The number of para-hydroxylation sites is 1. The molecule has 3 N–H and O–H groups in total. The van der Waals surface area contributed by atoms with Crippen LogP contribution in [0.4, 0.5) is 11.4 Å². The van der Waals surface area contributed by atoms with E-state index in [2.05, 4.69) is 10.6 Å². The third-order valence-corrected chi connectivity index (χ3v) is 3.47. The highest BCUT2D eigenvalue weighted by molar-refractivity contribution is 6.32. The zero-order valence-electron chi connectivity index (χ0n) is 11.0. The van der Waals surface area contributed by atoms with Crippen molar-refractivity contribution < 1.29 is 14.6 Å². The van der Waals surface area contributed by atoms with Crippen LogP contribution in [0.1, 0.15) is 5.56 Å². The highest BCUT2D eigenvalue weighted by Crippen LogP contribution is 2.31. The summed E-state index contributed by atoms with van der Waals surface area (Å²) in [6.07, 6.45) is 0. The molecule has 0 saturated heterocycles. The van der Waals surface area contributed by atoms with Crippen LogP contribution < -0.4 is 15.4 Å². The quantitative estimate of drug-likeness (QED) is 0.815. The molecule has 0 bridgehead atoms. The van der Waals surface area contributed by atoms with Gasteiger partial charge in [-0.15, -0.1) is 0 Å². The number of rotatable bonds is 3. The number of benzene rings is 2. The van der Waals surface area contributed by atoms with E-state index in [0.29, 0.717) is 28.6 Å². The summed E-state index contributed by atoms with van der Waals surface area (Å²) in [5.41, 5.74) is 2.13. The molecule has 21 heavy (non-hydrogen) atoms. The summed E-state index contributed by atoms with van der Waals surface area (Å²) >= 11 is 5.86. The average Bonchev–Trinajstić information content (AvgIpc) is 2.48. The third-order valence-electron chi connectivity index (χ3n) is 3.17. The van der Waals surface area contributed by atoms with E-state index in [1.807, 2.05) is 6.07 Å². The number of carbonyl (C=O) groups is 1. The van der Waals surface area contributed by atoms with Crippen LogP contribution in [0, 0.1) is 0 Å². The molecule has 1 aliphatic heterocycles. The standard InChI is InChI=1S/C15H13ClN2O3/c16-11-3-1-2-9(15(11)20)7-17-10-4-5-13-12(6-10)18-14(19)8-21-13/h1-6,17,20H,7-8H2,(H,18,19). The molecule has 0 unspecified atom stereocenters. The van der Waals surface area contributed by atoms with Gasteiger partial charge in [-0.25, -0.2) is 0 Å². The Morgan fingerprint density at radius 2 is 2.19 bits per heavy atom. The lowest BCUT2D eigenvalue weighted by atomic mass is 10.2. The lowest BCUT2D eigenvalue weighted by Crippen LogP contribution is -2.25. The minimum Gasteiger partial charge on any atom is -0.506 e. The molecule has 1 heterocycles. The first-order chi connectivity index (χ1) is 10.1. The van der Waals surface area contributed by atoms with Crippen molar-refractivity contribution in [2.24, 2.45) is 0 Å². The van der Waals surface area contributed by atoms with Gasteiger partial charge in [-0.3, -0.25) is 4.79 Å². The largest absolute Gasteiger partial charge is 0.506 e. The third kappa shape index (κ3) is 2.87. The van der Waals surface area contributed by atoms with Crippen molar-refractivity contribution in [1.29, 1.82) is 0 Å². The van der Waals surface area contributed by atoms with Gasteiger partial charge in [-0.2, -0.15) is 0 Å². The predicted molar refractivity (Wildman–Crippen MR) is 81.0 cm³/mol. The number of fused-ring (bicyclic) bond motifs is 1. The molecule has 1 amide bonds. The fraction of sp³-hybridized carbons (Fsp3) is 0.133. The van der Waals surface area contributed by atoms with Gasteiger partial charge in [0.2, 0.25) is 0 Å². The molecule has 0 saturated carbocycles. The minimum absolute atomic E-state index is 0.0379. The molecule has 108 valence electrons. The summed E-state index contributed by atoms with van der Waals surface area (Å²) in [4.78, 5) is 11.3. The van der Waals surface area contributed by atoms with Gasteiger partial charge in [-0.1, -0.05) is 23.7 Å². The van der Waals surface area contributed by atoms with E-state index in [4.69, 9.17) is 16.3 Å². The summed E-state index contributed by atoms with van der Waals surface area (Å²) in [7, 11) is 0. The number of phenols is 1. The van der Waals surface area contributed by atoms with Crippen molar-refractivity contribution in [2.45, 2.75) is 6.54 Å². The van der Waals surface area contributed by atoms with E-state index in [0.717, 1.165) is 5.69 Å². The summed E-state index contributed by atoms with van der Waals surface area (Å²) in [5, 5.41) is 16.1. The second-order valence-corrected chi connectivity index (χ2v) is 5.06. The van der Waals surface area contributed by atoms with Crippen LogP contribution in [0.2, 0.25) is 5.02 Å². The molecular formula is C15H13ClN2O3. The smallest absolute Gasteiger partial charge is 0.262 e. The van der Waals surface area contributed by atoms with E-state index in [9.17, 15) is 9.90 Å². The van der Waals surface area contributed by atoms with Gasteiger partial charge >= 0.3 is 0 Å². The Labute approximate surface area is 126 Å². The Morgan fingerprint density at radius 1 is 1.33 bits per heavy atom. The minimum atomic E-state index is -0.174. The van der Waals surface area contributed by atoms with Crippen molar-refractivity contribution in [3.05, 3.63) is 47.0 Å². The van der Waals surface area contributed by atoms with E-state index in [-0.39, 0.29) is 18.3 Å². The Hall–Kier alpha value is -2.40. The molecule has 0 aromatic heterocycles. The van der Waals surface area contributed by atoms with Crippen molar-refractivity contribution in [2.75, 3.05) is 17.2 Å². The fourth-order valence-electron chi connectivity index (χ4n) is 2.09. The number of anilines is 2. The zero-order chi connectivity index (χ0) is 14.8. The number of ether oxygens (including phenoxy) is 1. The molecule has 3 rings (SSSR count). The zero-order valence-corrected chi connectivity index (χ0v) is 11.8. The highest BCUT2D eigenvalue weighted by Gasteiger charge is 2.15. The Morgan fingerprint density at radius 3 is 3.05 bits per heavy atom. The molecule has 0 atom stereocenters. The molecule has 6 heteroatoms. The lowest BCUT2D eigenvalue weighted by molar-refractivity contribution is -0.118. The van der Waals surface area contributed by atoms with Crippen molar-refractivity contribution in [3.8, 4) is 11.5 Å². The number of carbonyl (C=O) groups excluding carboxylic acids is 1. The SMILES string of the molecule is O=C1COc2ccc(NCc3cccc(Cl)c3O)cc2N1. The number of halogens is 1. The van der Waals surface area contributed by atoms with E-state index in [1.54, 1.807) is 30.3 Å². The molecule has 0 radical (unpaired) electrons. The number of nitrogens with one attached hydrogen (secondary N) is 2. The van der Waals surface area contributed by atoms with Gasteiger partial charge in [-0.05, 0) is 24.3 Å². The number of hydrogen-bond acceptors (Lipinski definition) is 4. The topological polar surface area (TPSA) is 70.6 Å². The predicted octanol–water partition coefficient (Wildman–Crippen LogP) is 2.99. The monoisotopic (exact) mass is 304 g/mol. The molecule has 0 fully saturated rings. The highest BCUT2D eigenvalue weighted by atomic mass is 35.5. The number of amides is 1. The second kappa shape index (κ2) is 5.54. The molecule has 0 spiro atoms. The molecule has 0 aliphatic carbocycles. The van der Waals surface area contributed by atoms with Crippen LogP contribution in [-0.2, 0) is 11.3 Å². The van der Waals surface area contributed by atoms with Gasteiger partial charge in [0.1, 0.15) is 11.5 Å². The van der Waals surface area contributed by atoms with Crippen LogP contribution >= 0.6 is 11.6 Å².